The number of nitrogens with zero attached hydrogens (tertiary/aromatic N) is 2. The SMILES string of the molecule is Cc1cccc(-c2cnc(Cl)nc2C(F)(F)F)c1C. The number of aromatic nitrogens is 2. The summed E-state index contributed by atoms with van der Waals surface area (Å²) < 4.78 is 39.0. The second kappa shape index (κ2) is 4.81. The van der Waals surface area contributed by atoms with Crippen molar-refractivity contribution >= 4 is 11.6 Å². The number of hydrogen-bond acceptors (Lipinski definition) is 2. The van der Waals surface area contributed by atoms with E-state index in [1.165, 1.54) is 0 Å². The average molecular weight is 287 g/mol. The van der Waals surface area contributed by atoms with E-state index >= 15 is 0 Å². The molecule has 100 valence electrons. The van der Waals surface area contributed by atoms with Gasteiger partial charge in [0.1, 0.15) is 0 Å². The van der Waals surface area contributed by atoms with Crippen molar-refractivity contribution in [1.82, 2.24) is 9.97 Å². The van der Waals surface area contributed by atoms with Gasteiger partial charge >= 0.3 is 6.18 Å². The minimum Gasteiger partial charge on any atom is -0.226 e. The van der Waals surface area contributed by atoms with Crippen molar-refractivity contribution in [1.29, 1.82) is 0 Å². The molecule has 1 aromatic carbocycles. The highest BCUT2D eigenvalue weighted by Gasteiger charge is 2.36. The van der Waals surface area contributed by atoms with E-state index in [2.05, 4.69) is 9.97 Å². The fourth-order valence-electron chi connectivity index (χ4n) is 1.82. The van der Waals surface area contributed by atoms with Crippen LogP contribution in [0.25, 0.3) is 11.1 Å². The third kappa shape index (κ3) is 2.71. The van der Waals surface area contributed by atoms with Gasteiger partial charge in [-0.1, -0.05) is 18.2 Å². The van der Waals surface area contributed by atoms with Gasteiger partial charge in [-0.05, 0) is 42.1 Å². The van der Waals surface area contributed by atoms with Gasteiger partial charge in [-0.25, -0.2) is 9.97 Å². The fourth-order valence-corrected chi connectivity index (χ4v) is 1.95. The summed E-state index contributed by atoms with van der Waals surface area (Å²) in [5.74, 6) is 0. The quantitative estimate of drug-likeness (QED) is 0.725. The van der Waals surface area contributed by atoms with Crippen LogP contribution in [0.15, 0.2) is 24.4 Å². The molecule has 0 aliphatic carbocycles. The Morgan fingerprint density at radius 2 is 1.79 bits per heavy atom. The molecule has 0 amide bonds. The van der Waals surface area contributed by atoms with E-state index in [1.54, 1.807) is 19.1 Å². The van der Waals surface area contributed by atoms with Crippen LogP contribution in [0.3, 0.4) is 0 Å². The molecule has 0 saturated carbocycles. The zero-order chi connectivity index (χ0) is 14.2. The van der Waals surface area contributed by atoms with Crippen LogP contribution in [0.5, 0.6) is 0 Å². The second-order valence-electron chi connectivity index (χ2n) is 4.15. The van der Waals surface area contributed by atoms with Crippen molar-refractivity contribution in [3.8, 4) is 11.1 Å². The number of aryl methyl sites for hydroxylation is 1. The lowest BCUT2D eigenvalue weighted by Crippen LogP contribution is -2.11. The molecular weight excluding hydrogens is 277 g/mol. The van der Waals surface area contributed by atoms with Crippen molar-refractivity contribution in [2.45, 2.75) is 20.0 Å². The number of rotatable bonds is 1. The maximum Gasteiger partial charge on any atom is 0.434 e. The zero-order valence-corrected chi connectivity index (χ0v) is 11.0. The molecule has 0 fully saturated rings. The molecule has 2 rings (SSSR count). The third-order valence-corrected chi connectivity index (χ3v) is 3.10. The van der Waals surface area contributed by atoms with E-state index in [9.17, 15) is 13.2 Å². The van der Waals surface area contributed by atoms with Crippen molar-refractivity contribution in [3.63, 3.8) is 0 Å². The molecule has 0 aliphatic heterocycles. The highest BCUT2D eigenvalue weighted by molar-refractivity contribution is 6.28. The van der Waals surface area contributed by atoms with Gasteiger partial charge in [0.2, 0.25) is 5.28 Å². The zero-order valence-electron chi connectivity index (χ0n) is 10.2. The Morgan fingerprint density at radius 1 is 1.11 bits per heavy atom. The molecule has 0 N–H and O–H groups in total. The molecule has 1 aromatic heterocycles. The second-order valence-corrected chi connectivity index (χ2v) is 4.48. The molecule has 0 aliphatic rings. The number of benzene rings is 1. The molecule has 0 unspecified atom stereocenters. The van der Waals surface area contributed by atoms with Crippen LogP contribution >= 0.6 is 11.6 Å². The first-order chi connectivity index (χ1) is 8.80. The number of hydrogen-bond donors (Lipinski definition) is 0. The molecule has 0 spiro atoms. The van der Waals surface area contributed by atoms with Gasteiger partial charge in [-0.15, -0.1) is 0 Å². The predicted octanol–water partition coefficient (Wildman–Crippen LogP) is 4.43. The summed E-state index contributed by atoms with van der Waals surface area (Å²) >= 11 is 5.46. The van der Waals surface area contributed by atoms with E-state index in [0.29, 0.717) is 5.56 Å². The minimum absolute atomic E-state index is 0.0573. The van der Waals surface area contributed by atoms with Gasteiger partial charge in [-0.3, -0.25) is 0 Å². The molecule has 0 bridgehead atoms. The van der Waals surface area contributed by atoms with Crippen molar-refractivity contribution < 1.29 is 13.2 Å². The lowest BCUT2D eigenvalue weighted by Gasteiger charge is -2.14. The van der Waals surface area contributed by atoms with E-state index in [4.69, 9.17) is 11.6 Å². The van der Waals surface area contributed by atoms with E-state index < -0.39 is 17.2 Å². The van der Waals surface area contributed by atoms with Crippen molar-refractivity contribution in [2.75, 3.05) is 0 Å². The summed E-state index contributed by atoms with van der Waals surface area (Å²) in [4.78, 5) is 6.98. The molecule has 0 radical (unpaired) electrons. The molecule has 0 atom stereocenters. The summed E-state index contributed by atoms with van der Waals surface area (Å²) in [6.45, 7) is 3.60. The first-order valence-corrected chi connectivity index (χ1v) is 5.85. The van der Waals surface area contributed by atoms with Gasteiger partial charge in [0.05, 0.1) is 0 Å². The maximum absolute atomic E-state index is 13.0. The summed E-state index contributed by atoms with van der Waals surface area (Å²) in [5, 5.41) is -0.415. The Bertz CT molecular complexity index is 624. The standard InChI is InChI=1S/C13H10ClF3N2/c1-7-4-3-5-9(8(7)2)10-6-18-12(14)19-11(10)13(15,16)17/h3-6H,1-2H3. The van der Waals surface area contributed by atoms with Crippen LogP contribution in [-0.2, 0) is 6.18 Å². The summed E-state index contributed by atoms with van der Waals surface area (Å²) in [6, 6.07) is 5.15. The van der Waals surface area contributed by atoms with Crippen LogP contribution in [0.2, 0.25) is 5.28 Å². The third-order valence-electron chi connectivity index (χ3n) is 2.92. The summed E-state index contributed by atoms with van der Waals surface area (Å²) in [5.41, 5.74) is 1.06. The van der Waals surface area contributed by atoms with Gasteiger partial charge in [0, 0.05) is 11.8 Å². The van der Waals surface area contributed by atoms with Crippen LogP contribution in [0, 0.1) is 13.8 Å². The largest absolute Gasteiger partial charge is 0.434 e. The van der Waals surface area contributed by atoms with Crippen LogP contribution in [-0.4, -0.2) is 9.97 Å². The monoisotopic (exact) mass is 286 g/mol. The Morgan fingerprint density at radius 3 is 2.42 bits per heavy atom. The maximum atomic E-state index is 13.0. The van der Waals surface area contributed by atoms with E-state index in [1.807, 2.05) is 13.0 Å². The average Bonchev–Trinajstić information content (AvgIpc) is 2.32. The highest BCUT2D eigenvalue weighted by atomic mass is 35.5. The Kier molecular flexibility index (Phi) is 3.49. The van der Waals surface area contributed by atoms with Crippen LogP contribution in [0.1, 0.15) is 16.8 Å². The number of alkyl halides is 3. The molecule has 2 aromatic rings. The van der Waals surface area contributed by atoms with Gasteiger partial charge in [-0.2, -0.15) is 13.2 Å². The van der Waals surface area contributed by atoms with Crippen LogP contribution < -0.4 is 0 Å². The molecule has 0 saturated heterocycles. The van der Waals surface area contributed by atoms with Crippen molar-refractivity contribution in [3.05, 3.63) is 46.5 Å². The molecule has 6 heteroatoms. The summed E-state index contributed by atoms with van der Waals surface area (Å²) in [7, 11) is 0. The van der Waals surface area contributed by atoms with E-state index in [-0.39, 0.29) is 5.56 Å². The minimum atomic E-state index is -4.57. The topological polar surface area (TPSA) is 25.8 Å². The number of halogens is 4. The molecule has 19 heavy (non-hydrogen) atoms. The summed E-state index contributed by atoms with van der Waals surface area (Å²) in [6.07, 6.45) is -3.46. The lowest BCUT2D eigenvalue weighted by atomic mass is 9.97. The smallest absolute Gasteiger partial charge is 0.226 e. The Labute approximate surface area is 113 Å². The highest BCUT2D eigenvalue weighted by Crippen LogP contribution is 2.37. The van der Waals surface area contributed by atoms with Gasteiger partial charge < -0.3 is 0 Å². The first-order valence-electron chi connectivity index (χ1n) is 5.47. The molecule has 1 heterocycles. The fraction of sp³-hybridized carbons (Fsp3) is 0.231. The van der Waals surface area contributed by atoms with Crippen molar-refractivity contribution in [2.24, 2.45) is 0 Å². The Balaban J connectivity index is 2.72. The van der Waals surface area contributed by atoms with E-state index in [0.717, 1.165) is 17.3 Å². The normalized spacial score (nSPS) is 11.7. The van der Waals surface area contributed by atoms with Gasteiger partial charge in [0.15, 0.2) is 5.69 Å². The molecule has 2 nitrogen and oxygen atoms in total. The van der Waals surface area contributed by atoms with Crippen LogP contribution in [0.4, 0.5) is 13.2 Å². The lowest BCUT2D eigenvalue weighted by molar-refractivity contribution is -0.140. The van der Waals surface area contributed by atoms with Gasteiger partial charge in [0.25, 0.3) is 0 Å². The predicted molar refractivity (Wildman–Crippen MR) is 67.0 cm³/mol. The molecular formula is C13H10ClF3N2. The first kappa shape index (κ1) is 13.8. The Hall–Kier alpha value is -1.62.